The monoisotopic (exact) mass is 450 g/mol. The maximum Gasteiger partial charge on any atom is 0.573 e. The molecule has 1 fully saturated rings. The molecule has 162 valence electrons. The van der Waals surface area contributed by atoms with Gasteiger partial charge in [-0.3, -0.25) is 4.79 Å². The van der Waals surface area contributed by atoms with Crippen molar-refractivity contribution in [2.75, 3.05) is 26.2 Å². The number of benzene rings is 2. The van der Waals surface area contributed by atoms with E-state index >= 15 is 0 Å². The Hall–Kier alpha value is -3.04. The molecule has 4 rings (SSSR count). The average molecular weight is 451 g/mol. The van der Waals surface area contributed by atoms with E-state index in [0.717, 1.165) is 0 Å². The summed E-state index contributed by atoms with van der Waals surface area (Å²) in [5.74, 6) is -0.606. The number of ether oxygens (including phenoxy) is 1. The SMILES string of the molecule is O=C(c1cc(-c2cccc(OC(F)(F)F)c2)n(-c2cccc(Cl)c2)n1)N1CCNCC1. The van der Waals surface area contributed by atoms with Gasteiger partial charge in [0.15, 0.2) is 5.69 Å². The molecule has 1 amide bonds. The molecule has 1 saturated heterocycles. The standard InChI is InChI=1S/C21H18ClF3N4O2/c22-15-4-2-5-16(12-15)29-19(14-3-1-6-17(11-14)31-21(23,24)25)13-18(27-29)20(30)28-9-7-26-8-10-28/h1-6,11-13,26H,7-10H2. The lowest BCUT2D eigenvalue weighted by Gasteiger charge is -2.26. The Kier molecular flexibility index (Phi) is 5.88. The molecule has 0 radical (unpaired) electrons. The van der Waals surface area contributed by atoms with Crippen LogP contribution in [0.15, 0.2) is 54.6 Å². The van der Waals surface area contributed by atoms with Gasteiger partial charge in [0.05, 0.1) is 11.4 Å². The summed E-state index contributed by atoms with van der Waals surface area (Å²) in [7, 11) is 0. The number of carbonyl (C=O) groups is 1. The van der Waals surface area contributed by atoms with Gasteiger partial charge in [0.1, 0.15) is 5.75 Å². The summed E-state index contributed by atoms with van der Waals surface area (Å²) in [6.07, 6.45) is -4.81. The third kappa shape index (κ3) is 5.00. The van der Waals surface area contributed by atoms with Crippen molar-refractivity contribution in [3.05, 3.63) is 65.3 Å². The summed E-state index contributed by atoms with van der Waals surface area (Å²) in [5, 5.41) is 8.10. The summed E-state index contributed by atoms with van der Waals surface area (Å²) in [5.41, 5.74) is 1.62. The van der Waals surface area contributed by atoms with Gasteiger partial charge in [-0.2, -0.15) is 5.10 Å². The number of alkyl halides is 3. The number of nitrogens with zero attached hydrogens (tertiary/aromatic N) is 3. The number of carbonyl (C=O) groups excluding carboxylic acids is 1. The van der Waals surface area contributed by atoms with E-state index in [1.165, 1.54) is 22.9 Å². The second-order valence-electron chi connectivity index (χ2n) is 6.92. The molecule has 1 aliphatic heterocycles. The molecule has 1 N–H and O–H groups in total. The van der Waals surface area contributed by atoms with E-state index in [1.54, 1.807) is 41.3 Å². The van der Waals surface area contributed by atoms with Crippen LogP contribution in [0, 0.1) is 0 Å². The minimum absolute atomic E-state index is 0.194. The Morgan fingerprint density at radius 3 is 2.52 bits per heavy atom. The molecule has 1 aliphatic rings. The lowest BCUT2D eigenvalue weighted by Crippen LogP contribution is -2.46. The topological polar surface area (TPSA) is 59.4 Å². The minimum Gasteiger partial charge on any atom is -0.406 e. The number of nitrogens with one attached hydrogen (secondary N) is 1. The molecular formula is C21H18ClF3N4O2. The maximum atomic E-state index is 13.0. The average Bonchev–Trinajstić information content (AvgIpc) is 3.18. The van der Waals surface area contributed by atoms with Gasteiger partial charge in [0, 0.05) is 36.8 Å². The molecular weight excluding hydrogens is 433 g/mol. The van der Waals surface area contributed by atoms with Gasteiger partial charge in [-0.1, -0.05) is 29.8 Å². The highest BCUT2D eigenvalue weighted by molar-refractivity contribution is 6.30. The van der Waals surface area contributed by atoms with Crippen LogP contribution in [-0.4, -0.2) is 53.1 Å². The smallest absolute Gasteiger partial charge is 0.406 e. The Balaban J connectivity index is 1.78. The number of amides is 1. The molecule has 2 heterocycles. The number of hydrogen-bond acceptors (Lipinski definition) is 4. The van der Waals surface area contributed by atoms with Gasteiger partial charge in [0.2, 0.25) is 0 Å². The molecule has 10 heteroatoms. The molecule has 0 spiro atoms. The van der Waals surface area contributed by atoms with Gasteiger partial charge in [-0.25, -0.2) is 4.68 Å². The Morgan fingerprint density at radius 2 is 1.81 bits per heavy atom. The number of aromatic nitrogens is 2. The van der Waals surface area contributed by atoms with Crippen LogP contribution >= 0.6 is 11.6 Å². The van der Waals surface area contributed by atoms with E-state index in [-0.39, 0.29) is 17.4 Å². The fraction of sp³-hybridized carbons (Fsp3) is 0.238. The highest BCUT2D eigenvalue weighted by atomic mass is 35.5. The summed E-state index contributed by atoms with van der Waals surface area (Å²) in [6.45, 7) is 2.47. The number of rotatable bonds is 4. The molecule has 31 heavy (non-hydrogen) atoms. The third-order valence-corrected chi connectivity index (χ3v) is 4.98. The van der Waals surface area contributed by atoms with E-state index in [4.69, 9.17) is 11.6 Å². The number of piperazine rings is 1. The Labute approximate surface area is 181 Å². The van der Waals surface area contributed by atoms with Crippen molar-refractivity contribution in [2.45, 2.75) is 6.36 Å². The summed E-state index contributed by atoms with van der Waals surface area (Å²) in [4.78, 5) is 14.7. The van der Waals surface area contributed by atoms with Crippen LogP contribution in [0.5, 0.6) is 5.75 Å². The fourth-order valence-corrected chi connectivity index (χ4v) is 3.56. The largest absolute Gasteiger partial charge is 0.573 e. The zero-order valence-electron chi connectivity index (χ0n) is 16.2. The molecule has 6 nitrogen and oxygen atoms in total. The van der Waals surface area contributed by atoms with Crippen LogP contribution in [0.2, 0.25) is 5.02 Å². The van der Waals surface area contributed by atoms with Gasteiger partial charge >= 0.3 is 6.36 Å². The second-order valence-corrected chi connectivity index (χ2v) is 7.36. The van der Waals surface area contributed by atoms with Crippen molar-refractivity contribution < 1.29 is 22.7 Å². The second kappa shape index (κ2) is 8.60. The first-order valence-electron chi connectivity index (χ1n) is 9.52. The normalized spacial score (nSPS) is 14.5. The lowest BCUT2D eigenvalue weighted by molar-refractivity contribution is -0.274. The number of halogens is 4. The van der Waals surface area contributed by atoms with Crippen LogP contribution < -0.4 is 10.1 Å². The highest BCUT2D eigenvalue weighted by Crippen LogP contribution is 2.30. The van der Waals surface area contributed by atoms with Crippen molar-refractivity contribution >= 4 is 17.5 Å². The zero-order valence-corrected chi connectivity index (χ0v) is 17.0. The van der Waals surface area contributed by atoms with Crippen molar-refractivity contribution in [1.29, 1.82) is 0 Å². The summed E-state index contributed by atoms with van der Waals surface area (Å²) >= 11 is 6.11. The van der Waals surface area contributed by atoms with Gasteiger partial charge in [0.25, 0.3) is 5.91 Å². The van der Waals surface area contributed by atoms with Crippen molar-refractivity contribution in [2.24, 2.45) is 0 Å². The fourth-order valence-electron chi connectivity index (χ4n) is 3.38. The Bertz CT molecular complexity index is 1090. The molecule has 1 aromatic heterocycles. The van der Waals surface area contributed by atoms with Crippen molar-refractivity contribution in [3.63, 3.8) is 0 Å². The predicted octanol–water partition coefficient (Wildman–Crippen LogP) is 4.14. The maximum absolute atomic E-state index is 13.0. The van der Waals surface area contributed by atoms with Crippen LogP contribution in [0.4, 0.5) is 13.2 Å². The van der Waals surface area contributed by atoms with Gasteiger partial charge in [-0.15, -0.1) is 13.2 Å². The quantitative estimate of drug-likeness (QED) is 0.649. The van der Waals surface area contributed by atoms with E-state index in [9.17, 15) is 18.0 Å². The Morgan fingerprint density at radius 1 is 1.06 bits per heavy atom. The summed E-state index contributed by atoms with van der Waals surface area (Å²) in [6, 6.07) is 13.9. The van der Waals surface area contributed by atoms with Crippen LogP contribution in [0.25, 0.3) is 16.9 Å². The number of hydrogen-bond donors (Lipinski definition) is 1. The van der Waals surface area contributed by atoms with Crippen LogP contribution in [0.1, 0.15) is 10.5 Å². The first-order valence-corrected chi connectivity index (χ1v) is 9.90. The molecule has 3 aromatic rings. The third-order valence-electron chi connectivity index (χ3n) is 4.75. The molecule has 0 bridgehead atoms. The van der Waals surface area contributed by atoms with Gasteiger partial charge in [-0.05, 0) is 36.4 Å². The van der Waals surface area contributed by atoms with Crippen LogP contribution in [-0.2, 0) is 0 Å². The summed E-state index contributed by atoms with van der Waals surface area (Å²) < 4.78 is 43.5. The zero-order chi connectivity index (χ0) is 22.0. The van der Waals surface area contributed by atoms with E-state index in [0.29, 0.717) is 48.1 Å². The van der Waals surface area contributed by atoms with Crippen molar-refractivity contribution in [3.8, 4) is 22.7 Å². The van der Waals surface area contributed by atoms with Crippen molar-refractivity contribution in [1.82, 2.24) is 20.0 Å². The van der Waals surface area contributed by atoms with Gasteiger partial charge < -0.3 is 15.0 Å². The first kappa shape index (κ1) is 21.2. The van der Waals surface area contributed by atoms with Crippen LogP contribution in [0.3, 0.4) is 0 Å². The minimum atomic E-state index is -4.81. The van der Waals surface area contributed by atoms with E-state index in [2.05, 4.69) is 15.2 Å². The predicted molar refractivity (Wildman–Crippen MR) is 109 cm³/mol. The van der Waals surface area contributed by atoms with E-state index < -0.39 is 6.36 Å². The first-order chi connectivity index (χ1) is 14.8. The molecule has 2 aromatic carbocycles. The highest BCUT2D eigenvalue weighted by Gasteiger charge is 2.31. The molecule has 0 aliphatic carbocycles. The molecule has 0 saturated carbocycles. The molecule has 0 unspecified atom stereocenters. The lowest BCUT2D eigenvalue weighted by atomic mass is 10.1. The van der Waals surface area contributed by atoms with E-state index in [1.807, 2.05) is 0 Å². The molecule has 0 atom stereocenters.